The molecule has 1 aliphatic rings. The Kier molecular flexibility index (Phi) is 4.05. The van der Waals surface area contributed by atoms with Crippen molar-refractivity contribution in [3.05, 3.63) is 86.7 Å². The Hall–Kier alpha value is -2.92. The highest BCUT2D eigenvalue weighted by molar-refractivity contribution is 6.32. The molecule has 0 radical (unpaired) electrons. The van der Waals surface area contributed by atoms with Crippen molar-refractivity contribution in [2.75, 3.05) is 0 Å². The summed E-state index contributed by atoms with van der Waals surface area (Å²) in [4.78, 5) is 17.5. The van der Waals surface area contributed by atoms with E-state index in [0.717, 1.165) is 27.9 Å². The molecule has 2 aromatic carbocycles. The summed E-state index contributed by atoms with van der Waals surface area (Å²) in [5, 5.41) is 5.29. The fourth-order valence-electron chi connectivity index (χ4n) is 3.65. The van der Waals surface area contributed by atoms with Gasteiger partial charge in [-0.05, 0) is 49.4 Å². The molecule has 0 bridgehead atoms. The standard InChI is InChI=1S/C22H18ClN3O2/c1-13-16(12-24-28-13)10-19-17-9-8-15(14-6-7-14)11-21(17)26(22(27)25-19)20-5-3-2-4-18(20)23/h2-5,8-9,11-12,14H,6-7,10H2,1H3. The first-order valence-corrected chi connectivity index (χ1v) is 9.70. The quantitative estimate of drug-likeness (QED) is 0.501. The van der Waals surface area contributed by atoms with Crippen LogP contribution >= 0.6 is 11.6 Å². The van der Waals surface area contributed by atoms with Crippen LogP contribution in [0.3, 0.4) is 0 Å². The predicted molar refractivity (Wildman–Crippen MR) is 108 cm³/mol. The summed E-state index contributed by atoms with van der Waals surface area (Å²) in [6, 6.07) is 13.7. The Bertz CT molecular complexity index is 1250. The Morgan fingerprint density at radius 3 is 2.75 bits per heavy atom. The summed E-state index contributed by atoms with van der Waals surface area (Å²) >= 11 is 6.41. The molecule has 5 rings (SSSR count). The van der Waals surface area contributed by atoms with Gasteiger partial charge in [0.15, 0.2) is 0 Å². The maximum Gasteiger partial charge on any atom is 0.352 e. The van der Waals surface area contributed by atoms with Gasteiger partial charge in [0.2, 0.25) is 0 Å². The van der Waals surface area contributed by atoms with Crippen LogP contribution in [0.15, 0.2) is 58.0 Å². The lowest BCUT2D eigenvalue weighted by Crippen LogP contribution is -2.24. The SMILES string of the molecule is Cc1oncc1Cc1nc(=O)n(-c2ccccc2Cl)c2cc(C3CC3)ccc12. The van der Waals surface area contributed by atoms with E-state index in [2.05, 4.69) is 28.3 Å². The number of benzene rings is 2. The number of rotatable bonds is 4. The smallest absolute Gasteiger partial charge is 0.352 e. The molecule has 0 amide bonds. The van der Waals surface area contributed by atoms with Gasteiger partial charge in [0.05, 0.1) is 28.1 Å². The van der Waals surface area contributed by atoms with Crippen LogP contribution in [0.4, 0.5) is 0 Å². The van der Waals surface area contributed by atoms with Gasteiger partial charge in [-0.15, -0.1) is 0 Å². The van der Waals surface area contributed by atoms with E-state index in [1.54, 1.807) is 16.8 Å². The van der Waals surface area contributed by atoms with Gasteiger partial charge in [0, 0.05) is 17.4 Å². The van der Waals surface area contributed by atoms with Crippen LogP contribution in [0.25, 0.3) is 16.6 Å². The van der Waals surface area contributed by atoms with Crippen LogP contribution in [0.2, 0.25) is 5.02 Å². The third-order valence-corrected chi connectivity index (χ3v) is 5.67. The van der Waals surface area contributed by atoms with E-state index in [-0.39, 0.29) is 5.69 Å². The molecule has 1 saturated carbocycles. The van der Waals surface area contributed by atoms with Gasteiger partial charge in [0.1, 0.15) is 5.76 Å². The Morgan fingerprint density at radius 2 is 2.04 bits per heavy atom. The molecular weight excluding hydrogens is 374 g/mol. The average Bonchev–Trinajstić information content (AvgIpc) is 3.46. The minimum absolute atomic E-state index is 0.336. The van der Waals surface area contributed by atoms with Crippen LogP contribution in [0, 0.1) is 6.92 Å². The fourth-order valence-corrected chi connectivity index (χ4v) is 3.87. The zero-order valence-electron chi connectivity index (χ0n) is 15.4. The van der Waals surface area contributed by atoms with Crippen LogP contribution in [-0.4, -0.2) is 14.7 Å². The number of nitrogens with zero attached hydrogens (tertiary/aromatic N) is 3. The third kappa shape index (κ3) is 2.92. The molecule has 2 aromatic heterocycles. The molecule has 5 nitrogen and oxygen atoms in total. The molecule has 1 aliphatic carbocycles. The molecule has 28 heavy (non-hydrogen) atoms. The van der Waals surface area contributed by atoms with Crippen LogP contribution in [-0.2, 0) is 6.42 Å². The normalized spacial score (nSPS) is 13.9. The van der Waals surface area contributed by atoms with Crippen molar-refractivity contribution in [2.45, 2.75) is 32.1 Å². The van der Waals surface area contributed by atoms with E-state index in [1.807, 2.05) is 25.1 Å². The van der Waals surface area contributed by atoms with Crippen molar-refractivity contribution in [1.29, 1.82) is 0 Å². The second-order valence-corrected chi connectivity index (χ2v) is 7.67. The van der Waals surface area contributed by atoms with Crippen molar-refractivity contribution < 1.29 is 4.52 Å². The summed E-state index contributed by atoms with van der Waals surface area (Å²) in [6.45, 7) is 1.86. The summed E-state index contributed by atoms with van der Waals surface area (Å²) in [6.07, 6.45) is 4.56. The van der Waals surface area contributed by atoms with Crippen molar-refractivity contribution in [2.24, 2.45) is 0 Å². The summed E-state index contributed by atoms with van der Waals surface area (Å²) < 4.78 is 6.79. The summed E-state index contributed by atoms with van der Waals surface area (Å²) in [7, 11) is 0. The van der Waals surface area contributed by atoms with Crippen molar-refractivity contribution >= 4 is 22.5 Å². The van der Waals surface area contributed by atoms with E-state index in [4.69, 9.17) is 16.1 Å². The maximum atomic E-state index is 13.1. The Morgan fingerprint density at radius 1 is 1.21 bits per heavy atom. The first kappa shape index (κ1) is 17.2. The largest absolute Gasteiger partial charge is 0.361 e. The van der Waals surface area contributed by atoms with Gasteiger partial charge in [-0.1, -0.05) is 41.0 Å². The van der Waals surface area contributed by atoms with E-state index in [1.165, 1.54) is 18.4 Å². The monoisotopic (exact) mass is 391 g/mol. The molecule has 4 aromatic rings. The van der Waals surface area contributed by atoms with E-state index in [9.17, 15) is 4.79 Å². The van der Waals surface area contributed by atoms with Gasteiger partial charge in [-0.2, -0.15) is 4.98 Å². The number of fused-ring (bicyclic) bond motifs is 1. The third-order valence-electron chi connectivity index (χ3n) is 5.35. The second-order valence-electron chi connectivity index (χ2n) is 7.26. The summed E-state index contributed by atoms with van der Waals surface area (Å²) in [5.41, 5.74) is 4.05. The molecule has 0 unspecified atom stereocenters. The van der Waals surface area contributed by atoms with Gasteiger partial charge >= 0.3 is 5.69 Å². The molecule has 0 aliphatic heterocycles. The zero-order chi connectivity index (χ0) is 19.3. The van der Waals surface area contributed by atoms with Crippen LogP contribution in [0.5, 0.6) is 0 Å². The first-order valence-electron chi connectivity index (χ1n) is 9.32. The van der Waals surface area contributed by atoms with Crippen LogP contribution < -0.4 is 5.69 Å². The minimum atomic E-state index is -0.336. The molecule has 0 atom stereocenters. The molecular formula is C22H18ClN3O2. The number of para-hydroxylation sites is 1. The zero-order valence-corrected chi connectivity index (χ0v) is 16.1. The molecule has 0 saturated heterocycles. The van der Waals surface area contributed by atoms with E-state index < -0.39 is 0 Å². The molecule has 0 spiro atoms. The van der Waals surface area contributed by atoms with Gasteiger partial charge < -0.3 is 4.52 Å². The molecule has 140 valence electrons. The van der Waals surface area contributed by atoms with Gasteiger partial charge in [-0.3, -0.25) is 4.57 Å². The lowest BCUT2D eigenvalue weighted by molar-refractivity contribution is 0.396. The number of halogens is 1. The average molecular weight is 392 g/mol. The number of aryl methyl sites for hydroxylation is 1. The van der Waals surface area contributed by atoms with Crippen molar-refractivity contribution in [3.63, 3.8) is 0 Å². The highest BCUT2D eigenvalue weighted by Gasteiger charge is 2.25. The lowest BCUT2D eigenvalue weighted by atomic mass is 10.0. The second kappa shape index (κ2) is 6.60. The Labute approximate surface area is 166 Å². The summed E-state index contributed by atoms with van der Waals surface area (Å²) in [5.74, 6) is 1.32. The number of aromatic nitrogens is 3. The van der Waals surface area contributed by atoms with Crippen molar-refractivity contribution in [1.82, 2.24) is 14.7 Å². The maximum absolute atomic E-state index is 13.1. The topological polar surface area (TPSA) is 60.9 Å². The molecule has 0 N–H and O–H groups in total. The fraction of sp³-hybridized carbons (Fsp3) is 0.227. The lowest BCUT2D eigenvalue weighted by Gasteiger charge is -2.15. The van der Waals surface area contributed by atoms with Gasteiger partial charge in [-0.25, -0.2) is 4.79 Å². The molecule has 2 heterocycles. The first-order chi connectivity index (χ1) is 13.6. The van der Waals surface area contributed by atoms with Crippen LogP contribution in [0.1, 0.15) is 41.3 Å². The molecule has 6 heteroatoms. The number of hydrogen-bond acceptors (Lipinski definition) is 4. The highest BCUT2D eigenvalue weighted by Crippen LogP contribution is 2.41. The highest BCUT2D eigenvalue weighted by atomic mass is 35.5. The molecule has 1 fully saturated rings. The van der Waals surface area contributed by atoms with E-state index >= 15 is 0 Å². The van der Waals surface area contributed by atoms with Gasteiger partial charge in [0.25, 0.3) is 0 Å². The minimum Gasteiger partial charge on any atom is -0.361 e. The van der Waals surface area contributed by atoms with Crippen molar-refractivity contribution in [3.8, 4) is 5.69 Å². The predicted octanol–water partition coefficient (Wildman–Crippen LogP) is 4.80. The Balaban J connectivity index is 1.78. The number of hydrogen-bond donors (Lipinski definition) is 0. The van der Waals surface area contributed by atoms with E-state index in [0.29, 0.717) is 23.0 Å².